The Hall–Kier alpha value is -2.12. The van der Waals surface area contributed by atoms with Crippen molar-refractivity contribution >= 4 is 40.8 Å². The van der Waals surface area contributed by atoms with E-state index in [2.05, 4.69) is 5.32 Å². The molecule has 1 N–H and O–H groups in total. The van der Waals surface area contributed by atoms with Crippen LogP contribution in [0.5, 0.6) is 0 Å². The van der Waals surface area contributed by atoms with Crippen LogP contribution in [-0.4, -0.2) is 30.0 Å². The van der Waals surface area contributed by atoms with Gasteiger partial charge in [-0.15, -0.1) is 23.1 Å². The van der Waals surface area contributed by atoms with Gasteiger partial charge in [0.1, 0.15) is 0 Å². The Kier molecular flexibility index (Phi) is 7.83. The third kappa shape index (κ3) is 6.49. The SMILES string of the molecule is CC(NC(=O)CSc1ccccc1C(=O)OCC(=O)C(C)(C)C)c1cccs1. The summed E-state index contributed by atoms with van der Waals surface area (Å²) >= 11 is 2.86. The van der Waals surface area contributed by atoms with Crippen molar-refractivity contribution in [2.75, 3.05) is 12.4 Å². The second-order valence-corrected chi connectivity index (χ2v) is 9.34. The fourth-order valence-electron chi connectivity index (χ4n) is 2.22. The van der Waals surface area contributed by atoms with Crippen LogP contribution >= 0.6 is 23.1 Å². The lowest BCUT2D eigenvalue weighted by Gasteiger charge is -2.16. The summed E-state index contributed by atoms with van der Waals surface area (Å²) in [5.41, 5.74) is -0.209. The maximum absolute atomic E-state index is 12.4. The summed E-state index contributed by atoms with van der Waals surface area (Å²) in [6, 6.07) is 10.8. The third-order valence-corrected chi connectivity index (χ3v) is 6.11. The minimum atomic E-state index is -0.564. The van der Waals surface area contributed by atoms with E-state index in [0.717, 1.165) is 4.88 Å². The number of thiophene rings is 1. The molecule has 0 bridgehead atoms. The monoisotopic (exact) mass is 419 g/mol. The number of rotatable bonds is 8. The van der Waals surface area contributed by atoms with Crippen molar-refractivity contribution in [3.8, 4) is 0 Å². The maximum Gasteiger partial charge on any atom is 0.339 e. The molecule has 0 radical (unpaired) electrons. The first kappa shape index (κ1) is 22.2. The van der Waals surface area contributed by atoms with Gasteiger partial charge in [0.05, 0.1) is 17.4 Å². The quantitative estimate of drug-likeness (QED) is 0.504. The van der Waals surface area contributed by atoms with E-state index in [4.69, 9.17) is 4.74 Å². The molecule has 0 fully saturated rings. The van der Waals surface area contributed by atoms with Crippen LogP contribution in [-0.2, 0) is 14.3 Å². The van der Waals surface area contributed by atoms with Crippen LogP contribution in [0.4, 0.5) is 0 Å². The zero-order valence-corrected chi connectivity index (χ0v) is 18.1. The van der Waals surface area contributed by atoms with Gasteiger partial charge in [0, 0.05) is 15.2 Å². The summed E-state index contributed by atoms with van der Waals surface area (Å²) in [6.45, 7) is 7.01. The van der Waals surface area contributed by atoms with Gasteiger partial charge in [-0.1, -0.05) is 39.0 Å². The Balaban J connectivity index is 1.93. The molecule has 0 spiro atoms. The molecule has 1 aromatic heterocycles. The number of nitrogens with one attached hydrogen (secondary N) is 1. The molecule has 2 aromatic rings. The van der Waals surface area contributed by atoms with Crippen LogP contribution in [0.2, 0.25) is 0 Å². The summed E-state index contributed by atoms with van der Waals surface area (Å²) in [7, 11) is 0. The number of carbonyl (C=O) groups is 3. The summed E-state index contributed by atoms with van der Waals surface area (Å²) in [5.74, 6) is -0.640. The van der Waals surface area contributed by atoms with E-state index in [1.54, 1.807) is 56.4 Å². The Morgan fingerprint density at radius 3 is 2.50 bits per heavy atom. The molecule has 1 amide bonds. The van der Waals surface area contributed by atoms with Crippen molar-refractivity contribution in [2.45, 2.75) is 38.6 Å². The molecule has 150 valence electrons. The highest BCUT2D eigenvalue weighted by Gasteiger charge is 2.23. The van der Waals surface area contributed by atoms with Gasteiger partial charge in [-0.2, -0.15) is 0 Å². The van der Waals surface area contributed by atoms with Crippen molar-refractivity contribution in [2.24, 2.45) is 5.41 Å². The highest BCUT2D eigenvalue weighted by atomic mass is 32.2. The molecule has 1 aromatic carbocycles. The summed E-state index contributed by atoms with van der Waals surface area (Å²) in [4.78, 5) is 38.3. The van der Waals surface area contributed by atoms with Crippen LogP contribution in [0.1, 0.15) is 49.0 Å². The van der Waals surface area contributed by atoms with Crippen molar-refractivity contribution < 1.29 is 19.1 Å². The van der Waals surface area contributed by atoms with E-state index in [1.807, 2.05) is 24.4 Å². The fourth-order valence-corrected chi connectivity index (χ4v) is 3.81. The lowest BCUT2D eigenvalue weighted by Crippen LogP contribution is -2.28. The van der Waals surface area contributed by atoms with E-state index in [1.165, 1.54) is 11.8 Å². The molecule has 7 heteroatoms. The predicted molar refractivity (Wildman–Crippen MR) is 113 cm³/mol. The first-order valence-corrected chi connectivity index (χ1v) is 10.8. The molecule has 0 saturated heterocycles. The molecule has 0 aliphatic heterocycles. The van der Waals surface area contributed by atoms with E-state index in [9.17, 15) is 14.4 Å². The zero-order chi connectivity index (χ0) is 20.7. The molecule has 2 rings (SSSR count). The van der Waals surface area contributed by atoms with Crippen molar-refractivity contribution in [1.82, 2.24) is 5.32 Å². The topological polar surface area (TPSA) is 72.5 Å². The van der Waals surface area contributed by atoms with Crippen molar-refractivity contribution in [1.29, 1.82) is 0 Å². The Bertz CT molecular complexity index is 825. The van der Waals surface area contributed by atoms with Crippen LogP contribution in [0.3, 0.4) is 0 Å². The number of Topliss-reactive ketones (excluding diaryl/α,β-unsaturated/α-hetero) is 1. The Morgan fingerprint density at radius 1 is 1.14 bits per heavy atom. The predicted octanol–water partition coefficient (Wildman–Crippen LogP) is 4.49. The second kappa shape index (κ2) is 9.89. The number of esters is 1. The van der Waals surface area contributed by atoms with Gasteiger partial charge < -0.3 is 10.1 Å². The van der Waals surface area contributed by atoms with Crippen LogP contribution < -0.4 is 5.32 Å². The fraction of sp³-hybridized carbons (Fsp3) is 0.381. The van der Waals surface area contributed by atoms with Gasteiger partial charge in [-0.3, -0.25) is 9.59 Å². The highest BCUT2D eigenvalue weighted by Crippen LogP contribution is 2.24. The number of thioether (sulfide) groups is 1. The molecule has 0 saturated carbocycles. The van der Waals surface area contributed by atoms with E-state index in [-0.39, 0.29) is 30.1 Å². The molecular weight excluding hydrogens is 394 g/mol. The molecule has 1 unspecified atom stereocenters. The molecule has 0 aliphatic rings. The van der Waals surface area contributed by atoms with E-state index >= 15 is 0 Å². The molecule has 1 heterocycles. The van der Waals surface area contributed by atoms with Gasteiger partial charge >= 0.3 is 5.97 Å². The molecule has 1 atom stereocenters. The van der Waals surface area contributed by atoms with E-state index < -0.39 is 11.4 Å². The summed E-state index contributed by atoms with van der Waals surface area (Å²) in [5, 5.41) is 4.92. The lowest BCUT2D eigenvalue weighted by atomic mass is 9.91. The number of amides is 1. The average molecular weight is 420 g/mol. The number of carbonyl (C=O) groups excluding carboxylic acids is 3. The number of benzene rings is 1. The van der Waals surface area contributed by atoms with Crippen LogP contribution in [0.25, 0.3) is 0 Å². The van der Waals surface area contributed by atoms with Crippen molar-refractivity contribution in [3.05, 3.63) is 52.2 Å². The third-order valence-electron chi connectivity index (χ3n) is 3.98. The number of hydrogen-bond donors (Lipinski definition) is 1. The van der Waals surface area contributed by atoms with Gasteiger partial charge in [-0.05, 0) is 30.5 Å². The second-order valence-electron chi connectivity index (χ2n) is 7.34. The molecule has 0 aliphatic carbocycles. The summed E-state index contributed by atoms with van der Waals surface area (Å²) < 4.78 is 5.18. The first-order valence-electron chi connectivity index (χ1n) is 8.93. The van der Waals surface area contributed by atoms with Crippen LogP contribution in [0, 0.1) is 5.41 Å². The Morgan fingerprint density at radius 2 is 1.86 bits per heavy atom. The van der Waals surface area contributed by atoms with Gasteiger partial charge in [0.15, 0.2) is 12.4 Å². The van der Waals surface area contributed by atoms with Gasteiger partial charge in [0.2, 0.25) is 5.91 Å². The normalized spacial score (nSPS) is 12.3. The van der Waals surface area contributed by atoms with Crippen molar-refractivity contribution in [3.63, 3.8) is 0 Å². The smallest absolute Gasteiger partial charge is 0.339 e. The molecular formula is C21H25NO4S2. The number of ketones is 1. The minimum absolute atomic E-state index is 0.0586. The van der Waals surface area contributed by atoms with Crippen LogP contribution in [0.15, 0.2) is 46.7 Å². The standard InChI is InChI=1S/C21H25NO4S2/c1-14(16-10-7-11-27-16)22-19(24)13-28-17-9-6-5-8-15(17)20(25)26-12-18(23)21(2,3)4/h5-11,14H,12-13H2,1-4H3,(H,22,24). The number of ether oxygens (including phenoxy) is 1. The molecule has 5 nitrogen and oxygen atoms in total. The lowest BCUT2D eigenvalue weighted by molar-refractivity contribution is -0.129. The van der Waals surface area contributed by atoms with Gasteiger partial charge in [-0.25, -0.2) is 4.79 Å². The average Bonchev–Trinajstić information content (AvgIpc) is 3.18. The Labute approximate surface area is 173 Å². The molecule has 28 heavy (non-hydrogen) atoms. The minimum Gasteiger partial charge on any atom is -0.454 e. The van der Waals surface area contributed by atoms with E-state index in [0.29, 0.717) is 10.5 Å². The summed E-state index contributed by atoms with van der Waals surface area (Å²) in [6.07, 6.45) is 0. The first-order chi connectivity index (χ1) is 13.2. The van der Waals surface area contributed by atoms with Gasteiger partial charge in [0.25, 0.3) is 0 Å². The maximum atomic E-state index is 12.4. The highest BCUT2D eigenvalue weighted by molar-refractivity contribution is 8.00. The zero-order valence-electron chi connectivity index (χ0n) is 16.5. The number of hydrogen-bond acceptors (Lipinski definition) is 6. The largest absolute Gasteiger partial charge is 0.454 e.